The number of fused-ring (bicyclic) bond motifs is 2. The quantitative estimate of drug-likeness (QED) is 0.444. The van der Waals surface area contributed by atoms with E-state index in [-0.39, 0.29) is 6.79 Å². The molecule has 2 aromatic carbocycles. The number of ether oxygens (including phenoxy) is 4. The van der Waals surface area contributed by atoms with Crippen molar-refractivity contribution in [1.29, 1.82) is 0 Å². The lowest BCUT2D eigenvalue weighted by Crippen LogP contribution is -2.02. The van der Waals surface area contributed by atoms with Crippen LogP contribution >= 0.6 is 0 Å². The van der Waals surface area contributed by atoms with Gasteiger partial charge in [-0.2, -0.15) is 0 Å². The zero-order chi connectivity index (χ0) is 21.2. The van der Waals surface area contributed by atoms with E-state index in [1.165, 1.54) is 0 Å². The molecule has 1 aliphatic rings. The zero-order valence-corrected chi connectivity index (χ0v) is 17.4. The smallest absolute Gasteiger partial charge is 0.231 e. The van der Waals surface area contributed by atoms with Crippen LogP contribution in [0.5, 0.6) is 23.0 Å². The van der Waals surface area contributed by atoms with Gasteiger partial charge in [0.15, 0.2) is 11.5 Å². The molecule has 0 atom stereocenters. The molecule has 0 spiro atoms. The third kappa shape index (κ3) is 3.84. The second-order valence-corrected chi connectivity index (χ2v) is 7.34. The van der Waals surface area contributed by atoms with E-state index in [1.807, 2.05) is 42.5 Å². The van der Waals surface area contributed by atoms with Crippen molar-refractivity contribution in [2.75, 3.05) is 20.5 Å². The first-order chi connectivity index (χ1) is 15.2. The van der Waals surface area contributed by atoms with Gasteiger partial charge in [-0.05, 0) is 55.0 Å². The van der Waals surface area contributed by atoms with Gasteiger partial charge in [0.25, 0.3) is 0 Å². The number of hydrogen-bond acceptors (Lipinski definition) is 6. The van der Waals surface area contributed by atoms with E-state index >= 15 is 0 Å². The SMILES string of the molecule is COc1cc(-c2cc(C)c3ccc(OCCc4ccccn4)cc3n2)cc2c1OCO2. The van der Waals surface area contributed by atoms with E-state index in [0.717, 1.165) is 45.6 Å². The largest absolute Gasteiger partial charge is 0.493 e. The maximum atomic E-state index is 5.96. The second kappa shape index (κ2) is 8.14. The summed E-state index contributed by atoms with van der Waals surface area (Å²) >= 11 is 0. The van der Waals surface area contributed by atoms with Crippen molar-refractivity contribution in [3.05, 3.63) is 72.1 Å². The van der Waals surface area contributed by atoms with Crippen molar-refractivity contribution >= 4 is 10.9 Å². The fourth-order valence-electron chi connectivity index (χ4n) is 3.72. The number of benzene rings is 2. The second-order valence-electron chi connectivity index (χ2n) is 7.34. The first-order valence-electron chi connectivity index (χ1n) is 10.1. The van der Waals surface area contributed by atoms with Crippen molar-refractivity contribution < 1.29 is 18.9 Å². The highest BCUT2D eigenvalue weighted by molar-refractivity contribution is 5.86. The minimum Gasteiger partial charge on any atom is -0.493 e. The van der Waals surface area contributed by atoms with Crippen LogP contribution in [0.1, 0.15) is 11.3 Å². The molecule has 6 heteroatoms. The topological polar surface area (TPSA) is 62.7 Å². The molecule has 5 rings (SSSR count). The van der Waals surface area contributed by atoms with E-state index in [2.05, 4.69) is 24.0 Å². The summed E-state index contributed by atoms with van der Waals surface area (Å²) in [7, 11) is 1.62. The summed E-state index contributed by atoms with van der Waals surface area (Å²) in [5, 5.41) is 1.09. The third-order valence-corrected chi connectivity index (χ3v) is 5.30. The van der Waals surface area contributed by atoms with Gasteiger partial charge >= 0.3 is 0 Å². The van der Waals surface area contributed by atoms with Gasteiger partial charge in [-0.15, -0.1) is 0 Å². The average Bonchev–Trinajstić information content (AvgIpc) is 3.28. The molecule has 6 nitrogen and oxygen atoms in total. The van der Waals surface area contributed by atoms with Crippen LogP contribution in [0.25, 0.3) is 22.2 Å². The third-order valence-electron chi connectivity index (χ3n) is 5.30. The van der Waals surface area contributed by atoms with Gasteiger partial charge < -0.3 is 18.9 Å². The van der Waals surface area contributed by atoms with E-state index in [1.54, 1.807) is 13.3 Å². The van der Waals surface area contributed by atoms with E-state index in [9.17, 15) is 0 Å². The molecule has 0 unspecified atom stereocenters. The molecule has 1 aliphatic heterocycles. The van der Waals surface area contributed by atoms with Crippen LogP contribution in [0.3, 0.4) is 0 Å². The molecule has 0 radical (unpaired) electrons. The summed E-state index contributed by atoms with van der Waals surface area (Å²) in [5.74, 6) is 2.72. The molecule has 0 saturated carbocycles. The molecule has 31 heavy (non-hydrogen) atoms. The summed E-state index contributed by atoms with van der Waals surface area (Å²) < 4.78 is 22.5. The molecule has 156 valence electrons. The molecule has 0 saturated heterocycles. The lowest BCUT2D eigenvalue weighted by molar-refractivity contribution is 0.171. The minimum absolute atomic E-state index is 0.193. The molecule has 0 amide bonds. The fourth-order valence-corrected chi connectivity index (χ4v) is 3.72. The van der Waals surface area contributed by atoms with Crippen LogP contribution in [-0.4, -0.2) is 30.5 Å². The number of aryl methyl sites for hydroxylation is 1. The summed E-state index contributed by atoms with van der Waals surface area (Å²) in [4.78, 5) is 9.22. The summed E-state index contributed by atoms with van der Waals surface area (Å²) in [6.45, 7) is 2.83. The van der Waals surface area contributed by atoms with Crippen LogP contribution < -0.4 is 18.9 Å². The highest BCUT2D eigenvalue weighted by Gasteiger charge is 2.21. The standard InChI is InChI=1S/C25H22N2O4/c1-16-11-21(17-12-23(28-2)25-24(13-17)30-15-31-25)27-22-14-19(6-7-20(16)22)29-10-8-18-5-3-4-9-26-18/h3-7,9,11-14H,8,10,15H2,1-2H3. The van der Waals surface area contributed by atoms with E-state index in [0.29, 0.717) is 23.9 Å². The Morgan fingerprint density at radius 2 is 1.97 bits per heavy atom. The first-order valence-corrected chi connectivity index (χ1v) is 10.1. The van der Waals surface area contributed by atoms with E-state index < -0.39 is 0 Å². The summed E-state index contributed by atoms with van der Waals surface area (Å²) in [5.41, 5.74) is 4.77. The molecule has 4 aromatic rings. The minimum atomic E-state index is 0.193. The van der Waals surface area contributed by atoms with Crippen molar-refractivity contribution in [2.45, 2.75) is 13.3 Å². The van der Waals surface area contributed by atoms with Gasteiger partial charge in [0.1, 0.15) is 5.75 Å². The molecule has 0 fully saturated rings. The Morgan fingerprint density at radius 1 is 1.03 bits per heavy atom. The maximum absolute atomic E-state index is 5.96. The Labute approximate surface area is 180 Å². The van der Waals surface area contributed by atoms with Gasteiger partial charge in [0.05, 0.1) is 24.9 Å². The first kappa shape index (κ1) is 19.2. The summed E-state index contributed by atoms with van der Waals surface area (Å²) in [6.07, 6.45) is 2.55. The van der Waals surface area contributed by atoms with Crippen LogP contribution in [0, 0.1) is 6.92 Å². The molecular weight excluding hydrogens is 392 g/mol. The Bertz CT molecular complexity index is 1240. The summed E-state index contributed by atoms with van der Waals surface area (Å²) in [6, 6.07) is 17.8. The monoisotopic (exact) mass is 414 g/mol. The number of nitrogens with zero attached hydrogens (tertiary/aromatic N) is 2. The van der Waals surface area contributed by atoms with Gasteiger partial charge in [-0.25, -0.2) is 4.98 Å². The van der Waals surface area contributed by atoms with Crippen molar-refractivity contribution in [2.24, 2.45) is 0 Å². The molecular formula is C25H22N2O4. The number of pyridine rings is 2. The highest BCUT2D eigenvalue weighted by atomic mass is 16.7. The number of methoxy groups -OCH3 is 1. The maximum Gasteiger partial charge on any atom is 0.231 e. The Balaban J connectivity index is 1.44. The normalized spacial score (nSPS) is 12.2. The van der Waals surface area contributed by atoms with Crippen LogP contribution in [0.2, 0.25) is 0 Å². The lowest BCUT2D eigenvalue weighted by atomic mass is 10.0. The Kier molecular flexibility index (Phi) is 5.04. The molecule has 0 bridgehead atoms. The van der Waals surface area contributed by atoms with Gasteiger partial charge in [0.2, 0.25) is 12.5 Å². The molecule has 3 heterocycles. The lowest BCUT2D eigenvalue weighted by Gasteiger charge is -2.11. The number of rotatable bonds is 6. The fraction of sp³-hybridized carbons (Fsp3) is 0.200. The zero-order valence-electron chi connectivity index (χ0n) is 17.4. The Hall–Kier alpha value is -3.80. The highest BCUT2D eigenvalue weighted by Crippen LogP contribution is 2.44. The van der Waals surface area contributed by atoms with Crippen LogP contribution in [0.4, 0.5) is 0 Å². The van der Waals surface area contributed by atoms with E-state index in [4.69, 9.17) is 23.9 Å². The van der Waals surface area contributed by atoms with Crippen molar-refractivity contribution in [3.63, 3.8) is 0 Å². The molecule has 0 N–H and O–H groups in total. The predicted octanol–water partition coefficient (Wildman–Crippen LogP) is 4.96. The van der Waals surface area contributed by atoms with Crippen molar-refractivity contribution in [3.8, 4) is 34.3 Å². The number of hydrogen-bond donors (Lipinski definition) is 0. The van der Waals surface area contributed by atoms with Gasteiger partial charge in [-0.3, -0.25) is 4.98 Å². The molecule has 2 aromatic heterocycles. The average molecular weight is 414 g/mol. The molecule has 0 aliphatic carbocycles. The van der Waals surface area contributed by atoms with Crippen molar-refractivity contribution in [1.82, 2.24) is 9.97 Å². The van der Waals surface area contributed by atoms with Crippen LogP contribution in [-0.2, 0) is 6.42 Å². The Morgan fingerprint density at radius 3 is 2.81 bits per heavy atom. The van der Waals surface area contributed by atoms with Crippen LogP contribution in [0.15, 0.2) is 60.8 Å². The van der Waals surface area contributed by atoms with Gasteiger partial charge in [-0.1, -0.05) is 6.07 Å². The predicted molar refractivity (Wildman–Crippen MR) is 118 cm³/mol. The number of aromatic nitrogens is 2. The van der Waals surface area contributed by atoms with Gasteiger partial charge in [0, 0.05) is 35.3 Å².